The number of carbonyl (C=O) groups excluding carboxylic acids is 3. The summed E-state index contributed by atoms with van der Waals surface area (Å²) < 4.78 is 0. The number of para-hydroxylation sites is 1. The van der Waals surface area contributed by atoms with Gasteiger partial charge in [-0.05, 0) is 49.2 Å². The quantitative estimate of drug-likeness (QED) is 0.602. The zero-order chi connectivity index (χ0) is 21.4. The van der Waals surface area contributed by atoms with Crippen LogP contribution in [0.5, 0.6) is 0 Å². The maximum absolute atomic E-state index is 13.1. The number of rotatable bonds is 4. The Bertz CT molecular complexity index is 1150. The monoisotopic (exact) mass is 398 g/mol. The number of hydrogen-bond acceptors (Lipinski definition) is 3. The molecule has 0 N–H and O–H groups in total. The van der Waals surface area contributed by atoms with Crippen LogP contribution in [0.4, 0.5) is 5.69 Å². The Morgan fingerprint density at radius 1 is 0.867 bits per heavy atom. The van der Waals surface area contributed by atoms with Gasteiger partial charge < -0.3 is 4.90 Å². The molecule has 1 aliphatic heterocycles. The Morgan fingerprint density at radius 3 is 2.20 bits per heavy atom. The van der Waals surface area contributed by atoms with Crippen molar-refractivity contribution in [2.45, 2.75) is 19.9 Å². The summed E-state index contributed by atoms with van der Waals surface area (Å²) in [5.41, 5.74) is 3.37. The Labute approximate surface area is 175 Å². The first-order chi connectivity index (χ1) is 14.4. The van der Waals surface area contributed by atoms with Crippen LogP contribution in [0, 0.1) is 6.92 Å². The van der Waals surface area contributed by atoms with E-state index in [0.29, 0.717) is 16.8 Å². The third-order valence-corrected chi connectivity index (χ3v) is 5.67. The van der Waals surface area contributed by atoms with Crippen LogP contribution in [0.3, 0.4) is 0 Å². The lowest BCUT2D eigenvalue weighted by molar-refractivity contribution is 0.0742. The number of imide groups is 1. The van der Waals surface area contributed by atoms with Crippen LogP contribution in [-0.4, -0.2) is 29.7 Å². The average molecular weight is 398 g/mol. The fourth-order valence-corrected chi connectivity index (χ4v) is 3.74. The normalized spacial score (nSPS) is 13.9. The molecule has 3 amide bonds. The third-order valence-electron chi connectivity index (χ3n) is 5.67. The summed E-state index contributed by atoms with van der Waals surface area (Å²) >= 11 is 0. The van der Waals surface area contributed by atoms with Crippen LogP contribution >= 0.6 is 0 Å². The van der Waals surface area contributed by atoms with Crippen molar-refractivity contribution < 1.29 is 14.4 Å². The molecule has 1 atom stereocenters. The molecule has 3 aromatic rings. The van der Waals surface area contributed by atoms with Crippen molar-refractivity contribution in [3.05, 3.63) is 101 Å². The lowest BCUT2D eigenvalue weighted by Crippen LogP contribution is -2.30. The van der Waals surface area contributed by atoms with Crippen molar-refractivity contribution in [3.63, 3.8) is 0 Å². The van der Waals surface area contributed by atoms with Gasteiger partial charge in [0.1, 0.15) is 0 Å². The molecule has 0 saturated heterocycles. The molecule has 4 rings (SSSR count). The second-order valence-electron chi connectivity index (χ2n) is 7.50. The minimum Gasteiger partial charge on any atom is -0.335 e. The molecule has 0 unspecified atom stereocenters. The van der Waals surface area contributed by atoms with E-state index in [0.717, 1.165) is 11.1 Å². The number of benzene rings is 3. The van der Waals surface area contributed by atoms with Gasteiger partial charge in [-0.3, -0.25) is 14.4 Å². The zero-order valence-electron chi connectivity index (χ0n) is 17.1. The first-order valence-electron chi connectivity index (χ1n) is 9.80. The molecule has 3 aromatic carbocycles. The minimum absolute atomic E-state index is 0.132. The third kappa shape index (κ3) is 3.18. The number of anilines is 1. The Kier molecular flexibility index (Phi) is 4.96. The first-order valence-corrected chi connectivity index (χ1v) is 9.80. The molecule has 5 heteroatoms. The van der Waals surface area contributed by atoms with E-state index in [1.165, 1.54) is 11.0 Å². The van der Waals surface area contributed by atoms with Crippen LogP contribution in [0.1, 0.15) is 55.2 Å². The summed E-state index contributed by atoms with van der Waals surface area (Å²) in [5, 5.41) is 0. The zero-order valence-corrected chi connectivity index (χ0v) is 17.1. The molecular weight excluding hydrogens is 376 g/mol. The fourth-order valence-electron chi connectivity index (χ4n) is 3.74. The van der Waals surface area contributed by atoms with Crippen LogP contribution in [0.2, 0.25) is 0 Å². The van der Waals surface area contributed by atoms with E-state index in [9.17, 15) is 14.4 Å². The van der Waals surface area contributed by atoms with Gasteiger partial charge in [0, 0.05) is 12.6 Å². The van der Waals surface area contributed by atoms with Crippen LogP contribution in [0.15, 0.2) is 72.8 Å². The van der Waals surface area contributed by atoms with Crippen molar-refractivity contribution in [1.82, 2.24) is 4.90 Å². The van der Waals surface area contributed by atoms with Gasteiger partial charge in [0.15, 0.2) is 0 Å². The van der Waals surface area contributed by atoms with Gasteiger partial charge in [0.25, 0.3) is 17.7 Å². The largest absolute Gasteiger partial charge is 0.335 e. The highest BCUT2D eigenvalue weighted by molar-refractivity contribution is 6.35. The molecule has 30 heavy (non-hydrogen) atoms. The summed E-state index contributed by atoms with van der Waals surface area (Å²) in [5.74, 6) is -0.976. The lowest BCUT2D eigenvalue weighted by Gasteiger charge is -2.25. The molecule has 0 aliphatic carbocycles. The fraction of sp³-hybridized carbons (Fsp3) is 0.160. The molecule has 0 radical (unpaired) electrons. The minimum atomic E-state index is -0.405. The number of hydrogen-bond donors (Lipinski definition) is 0. The van der Waals surface area contributed by atoms with E-state index in [2.05, 4.69) is 0 Å². The number of carbonyl (C=O) groups is 3. The number of fused-ring (bicyclic) bond motifs is 1. The van der Waals surface area contributed by atoms with Crippen LogP contribution in [-0.2, 0) is 0 Å². The number of nitrogens with zero attached hydrogens (tertiary/aromatic N) is 2. The summed E-state index contributed by atoms with van der Waals surface area (Å²) in [7, 11) is 1.74. The van der Waals surface area contributed by atoms with Crippen molar-refractivity contribution in [1.29, 1.82) is 0 Å². The molecule has 1 heterocycles. The molecule has 1 aliphatic rings. The molecule has 0 bridgehead atoms. The molecular formula is C25H22N2O3. The molecule has 0 fully saturated rings. The van der Waals surface area contributed by atoms with E-state index in [4.69, 9.17) is 0 Å². The highest BCUT2D eigenvalue weighted by Crippen LogP contribution is 2.31. The van der Waals surface area contributed by atoms with Gasteiger partial charge in [-0.15, -0.1) is 0 Å². The van der Waals surface area contributed by atoms with Gasteiger partial charge in [0.05, 0.1) is 22.9 Å². The molecule has 0 saturated carbocycles. The van der Waals surface area contributed by atoms with Crippen molar-refractivity contribution in [3.8, 4) is 0 Å². The average Bonchev–Trinajstić information content (AvgIpc) is 3.02. The maximum Gasteiger partial charge on any atom is 0.266 e. The topological polar surface area (TPSA) is 57.7 Å². The van der Waals surface area contributed by atoms with Gasteiger partial charge in [-0.25, -0.2) is 4.90 Å². The summed E-state index contributed by atoms with van der Waals surface area (Å²) in [6, 6.07) is 21.6. The Balaban J connectivity index is 1.65. The maximum atomic E-state index is 13.1. The Hall–Kier alpha value is -3.73. The first kappa shape index (κ1) is 19.6. The Morgan fingerprint density at radius 2 is 1.50 bits per heavy atom. The van der Waals surface area contributed by atoms with Crippen LogP contribution < -0.4 is 4.90 Å². The molecule has 150 valence electrons. The van der Waals surface area contributed by atoms with E-state index < -0.39 is 5.91 Å². The summed E-state index contributed by atoms with van der Waals surface area (Å²) in [6.45, 7) is 3.81. The predicted octanol–water partition coefficient (Wildman–Crippen LogP) is 4.63. The van der Waals surface area contributed by atoms with Gasteiger partial charge >= 0.3 is 0 Å². The van der Waals surface area contributed by atoms with Crippen molar-refractivity contribution >= 4 is 23.4 Å². The second-order valence-corrected chi connectivity index (χ2v) is 7.50. The summed E-state index contributed by atoms with van der Waals surface area (Å²) in [4.78, 5) is 41.8. The molecule has 0 spiro atoms. The molecule has 0 aromatic heterocycles. The predicted molar refractivity (Wildman–Crippen MR) is 116 cm³/mol. The van der Waals surface area contributed by atoms with Crippen LogP contribution in [0.25, 0.3) is 0 Å². The SMILES string of the molecule is Cc1ccccc1N1C(=O)c2ccc(C(=O)N(C)[C@@H](C)c3ccccc3)cc2C1=O. The number of amides is 3. The van der Waals surface area contributed by atoms with Gasteiger partial charge in [-0.1, -0.05) is 48.5 Å². The highest BCUT2D eigenvalue weighted by Gasteiger charge is 2.38. The van der Waals surface area contributed by atoms with E-state index in [-0.39, 0.29) is 23.4 Å². The summed E-state index contributed by atoms with van der Waals surface area (Å²) in [6.07, 6.45) is 0. The highest BCUT2D eigenvalue weighted by atomic mass is 16.2. The van der Waals surface area contributed by atoms with Crippen molar-refractivity contribution in [2.75, 3.05) is 11.9 Å². The standard InChI is InChI=1S/C25H22N2O3/c1-16-9-7-8-12-22(16)27-24(29)20-14-13-19(15-21(20)25(27)30)23(28)26(3)17(2)18-10-5-4-6-11-18/h4-15,17H,1-3H3/t17-/m0/s1. The lowest BCUT2D eigenvalue weighted by atomic mass is 10.0. The van der Waals surface area contributed by atoms with E-state index in [1.807, 2.05) is 56.3 Å². The number of aryl methyl sites for hydroxylation is 1. The van der Waals surface area contributed by atoms with E-state index >= 15 is 0 Å². The van der Waals surface area contributed by atoms with Gasteiger partial charge in [0.2, 0.25) is 0 Å². The molecule has 5 nitrogen and oxygen atoms in total. The second kappa shape index (κ2) is 7.59. The van der Waals surface area contributed by atoms with Crippen molar-refractivity contribution in [2.24, 2.45) is 0 Å². The smallest absolute Gasteiger partial charge is 0.266 e. The van der Waals surface area contributed by atoms with Gasteiger partial charge in [-0.2, -0.15) is 0 Å². The van der Waals surface area contributed by atoms with E-state index in [1.54, 1.807) is 36.2 Å².